The molecular weight excluding hydrogens is 426 g/mol. The van der Waals surface area contributed by atoms with Gasteiger partial charge in [0, 0.05) is 15.4 Å². The maximum Gasteiger partial charge on any atom is 0.339 e. The summed E-state index contributed by atoms with van der Waals surface area (Å²) < 4.78 is 6.00. The van der Waals surface area contributed by atoms with E-state index in [0.29, 0.717) is 16.6 Å². The zero-order valence-electron chi connectivity index (χ0n) is 14.8. The van der Waals surface area contributed by atoms with Crippen molar-refractivity contribution in [1.82, 2.24) is 10.3 Å². The topological polar surface area (TPSA) is 111 Å². The molecule has 0 unspecified atom stereocenters. The highest BCUT2D eigenvalue weighted by atomic mass is 79.9. The summed E-state index contributed by atoms with van der Waals surface area (Å²) in [6.07, 6.45) is -1.20. The number of ether oxygens (including phenoxy) is 1. The second-order valence-corrected chi connectivity index (χ2v) is 6.90. The maximum atomic E-state index is 12.8. The van der Waals surface area contributed by atoms with Crippen LogP contribution >= 0.6 is 15.9 Å². The van der Waals surface area contributed by atoms with Gasteiger partial charge in [-0.25, -0.2) is 14.6 Å². The van der Waals surface area contributed by atoms with Crippen molar-refractivity contribution in [2.45, 2.75) is 13.0 Å². The minimum atomic E-state index is -1.20. The van der Waals surface area contributed by atoms with E-state index in [1.54, 1.807) is 18.2 Å². The van der Waals surface area contributed by atoms with E-state index in [2.05, 4.69) is 20.9 Å². The van der Waals surface area contributed by atoms with Gasteiger partial charge in [-0.1, -0.05) is 46.3 Å². The van der Waals surface area contributed by atoms with Gasteiger partial charge in [-0.3, -0.25) is 10.1 Å². The molecule has 0 saturated heterocycles. The maximum absolute atomic E-state index is 12.8. The molecule has 1 atom stereocenters. The zero-order valence-corrected chi connectivity index (χ0v) is 16.4. The van der Waals surface area contributed by atoms with Crippen molar-refractivity contribution in [2.75, 3.05) is 0 Å². The van der Waals surface area contributed by atoms with E-state index in [9.17, 15) is 14.4 Å². The number of nitrogens with one attached hydrogen (secondary N) is 1. The first kappa shape index (κ1) is 19.5. The van der Waals surface area contributed by atoms with Crippen LogP contribution in [0.2, 0.25) is 0 Å². The molecule has 0 fully saturated rings. The molecule has 3 aromatic rings. The first-order chi connectivity index (χ1) is 13.3. The molecule has 0 bridgehead atoms. The van der Waals surface area contributed by atoms with Gasteiger partial charge < -0.3 is 10.5 Å². The molecule has 0 saturated carbocycles. The van der Waals surface area contributed by atoms with E-state index in [-0.39, 0.29) is 5.56 Å². The molecule has 8 heteroatoms. The van der Waals surface area contributed by atoms with Gasteiger partial charge in [0.2, 0.25) is 0 Å². The Labute approximate surface area is 169 Å². The summed E-state index contributed by atoms with van der Waals surface area (Å²) in [7, 11) is 0. The quantitative estimate of drug-likeness (QED) is 0.602. The second kappa shape index (κ2) is 8.18. The number of fused-ring (bicyclic) bond motifs is 1. The summed E-state index contributed by atoms with van der Waals surface area (Å²) in [4.78, 5) is 40.0. The summed E-state index contributed by atoms with van der Waals surface area (Å²) >= 11 is 3.38. The monoisotopic (exact) mass is 441 g/mol. The van der Waals surface area contributed by atoms with Gasteiger partial charge in [0.05, 0.1) is 16.8 Å². The molecule has 1 heterocycles. The third-order valence-corrected chi connectivity index (χ3v) is 4.45. The van der Waals surface area contributed by atoms with Crippen molar-refractivity contribution < 1.29 is 19.1 Å². The van der Waals surface area contributed by atoms with E-state index >= 15 is 0 Å². The van der Waals surface area contributed by atoms with Crippen molar-refractivity contribution in [1.29, 1.82) is 0 Å². The number of hydrogen-bond acceptors (Lipinski definition) is 5. The van der Waals surface area contributed by atoms with Gasteiger partial charge in [-0.05, 0) is 31.2 Å². The summed E-state index contributed by atoms with van der Waals surface area (Å²) in [5.74, 6) is -1.52. The minimum absolute atomic E-state index is 0.254. The molecule has 7 nitrogen and oxygen atoms in total. The van der Waals surface area contributed by atoms with Crippen molar-refractivity contribution >= 4 is 44.7 Å². The number of hydrogen-bond donors (Lipinski definition) is 2. The zero-order chi connectivity index (χ0) is 20.3. The number of primary amides is 1. The van der Waals surface area contributed by atoms with Crippen molar-refractivity contribution in [3.63, 3.8) is 0 Å². The highest BCUT2D eigenvalue weighted by Gasteiger charge is 2.22. The number of benzene rings is 2. The number of amides is 3. The van der Waals surface area contributed by atoms with E-state index in [0.717, 1.165) is 10.0 Å². The Hall–Kier alpha value is -3.26. The number of nitrogens with zero attached hydrogens (tertiary/aromatic N) is 1. The SMILES string of the molecule is C[C@@H](OC(=O)c1cc(-c2ccccc2)nc2ccc(Br)cc12)C(=O)NC(N)=O. The molecule has 142 valence electrons. The number of urea groups is 1. The molecule has 3 N–H and O–H groups in total. The Morgan fingerprint density at radius 1 is 1.11 bits per heavy atom. The number of rotatable bonds is 4. The summed E-state index contributed by atoms with van der Waals surface area (Å²) in [5.41, 5.74) is 7.21. The Morgan fingerprint density at radius 2 is 1.82 bits per heavy atom. The third-order valence-electron chi connectivity index (χ3n) is 3.96. The van der Waals surface area contributed by atoms with Crippen molar-refractivity contribution in [2.24, 2.45) is 5.73 Å². The normalized spacial score (nSPS) is 11.6. The van der Waals surface area contributed by atoms with Gasteiger partial charge in [-0.2, -0.15) is 0 Å². The lowest BCUT2D eigenvalue weighted by molar-refractivity contribution is -0.127. The Bertz CT molecular complexity index is 1070. The van der Waals surface area contributed by atoms with E-state index in [4.69, 9.17) is 10.5 Å². The largest absolute Gasteiger partial charge is 0.449 e. The predicted octanol–water partition coefficient (Wildman–Crippen LogP) is 3.40. The molecule has 0 aliphatic carbocycles. The van der Waals surface area contributed by atoms with Gasteiger partial charge in [-0.15, -0.1) is 0 Å². The summed E-state index contributed by atoms with van der Waals surface area (Å²) in [6, 6.07) is 15.3. The van der Waals surface area contributed by atoms with E-state index in [1.165, 1.54) is 6.92 Å². The Kier molecular flexibility index (Phi) is 5.70. The van der Waals surface area contributed by atoms with Crippen molar-refractivity contribution in [3.05, 3.63) is 64.6 Å². The predicted molar refractivity (Wildman–Crippen MR) is 107 cm³/mol. The van der Waals surface area contributed by atoms with Crippen LogP contribution in [0.25, 0.3) is 22.2 Å². The molecule has 28 heavy (non-hydrogen) atoms. The van der Waals surface area contributed by atoms with Crippen LogP contribution in [-0.4, -0.2) is 29.0 Å². The van der Waals surface area contributed by atoms with Crippen LogP contribution < -0.4 is 11.1 Å². The van der Waals surface area contributed by atoms with Crippen LogP contribution in [0.3, 0.4) is 0 Å². The number of esters is 1. The van der Waals surface area contributed by atoms with Crippen LogP contribution in [0.5, 0.6) is 0 Å². The summed E-state index contributed by atoms with van der Waals surface area (Å²) in [5, 5.41) is 2.46. The number of nitrogens with two attached hydrogens (primary N) is 1. The fourth-order valence-corrected chi connectivity index (χ4v) is 2.99. The molecular formula is C20H16BrN3O4. The first-order valence-corrected chi connectivity index (χ1v) is 9.11. The number of carbonyl (C=O) groups is 3. The third kappa shape index (κ3) is 4.34. The van der Waals surface area contributed by atoms with Crippen LogP contribution in [-0.2, 0) is 9.53 Å². The van der Waals surface area contributed by atoms with Gasteiger partial charge in [0.15, 0.2) is 6.10 Å². The van der Waals surface area contributed by atoms with Gasteiger partial charge >= 0.3 is 12.0 Å². The Morgan fingerprint density at radius 3 is 2.50 bits per heavy atom. The molecule has 0 radical (unpaired) electrons. The number of imide groups is 1. The van der Waals surface area contributed by atoms with Gasteiger partial charge in [0.25, 0.3) is 5.91 Å². The average Bonchev–Trinajstić information content (AvgIpc) is 2.67. The van der Waals surface area contributed by atoms with Crippen molar-refractivity contribution in [3.8, 4) is 11.3 Å². The highest BCUT2D eigenvalue weighted by Crippen LogP contribution is 2.28. The van der Waals surface area contributed by atoms with E-state index in [1.807, 2.05) is 41.7 Å². The minimum Gasteiger partial charge on any atom is -0.449 e. The standard InChI is InChI=1S/C20H16BrN3O4/c1-11(18(25)24-20(22)27)28-19(26)15-10-17(12-5-3-2-4-6-12)23-16-8-7-13(21)9-14(15)16/h2-11H,1H3,(H3,22,24,25,27)/t11-/m1/s1. The van der Waals surface area contributed by atoms with Gasteiger partial charge in [0.1, 0.15) is 0 Å². The molecule has 0 aliphatic heterocycles. The fraction of sp³-hybridized carbons (Fsp3) is 0.100. The lowest BCUT2D eigenvalue weighted by atomic mass is 10.0. The van der Waals surface area contributed by atoms with E-state index < -0.39 is 24.0 Å². The summed E-state index contributed by atoms with van der Waals surface area (Å²) in [6.45, 7) is 1.35. The second-order valence-electron chi connectivity index (χ2n) is 5.98. The Balaban J connectivity index is 2.02. The average molecular weight is 442 g/mol. The number of aromatic nitrogens is 1. The fourth-order valence-electron chi connectivity index (χ4n) is 2.62. The number of halogens is 1. The molecule has 0 aliphatic rings. The smallest absolute Gasteiger partial charge is 0.339 e. The highest BCUT2D eigenvalue weighted by molar-refractivity contribution is 9.10. The lowest BCUT2D eigenvalue weighted by Gasteiger charge is -2.14. The molecule has 3 rings (SSSR count). The van der Waals surface area contributed by atoms with Crippen LogP contribution in [0, 0.1) is 0 Å². The molecule has 3 amide bonds. The molecule has 2 aromatic carbocycles. The number of pyridine rings is 1. The molecule has 1 aromatic heterocycles. The first-order valence-electron chi connectivity index (χ1n) is 8.32. The lowest BCUT2D eigenvalue weighted by Crippen LogP contribution is -2.42. The van der Waals surface area contributed by atoms with Crippen LogP contribution in [0.4, 0.5) is 4.79 Å². The van der Waals surface area contributed by atoms with Crippen LogP contribution in [0.1, 0.15) is 17.3 Å². The molecule has 0 spiro atoms. The van der Waals surface area contributed by atoms with Crippen LogP contribution in [0.15, 0.2) is 59.1 Å². The number of carbonyl (C=O) groups excluding carboxylic acids is 3.